The van der Waals surface area contributed by atoms with Gasteiger partial charge >= 0.3 is 0 Å². The van der Waals surface area contributed by atoms with Crippen LogP contribution in [0.2, 0.25) is 0 Å². The molecule has 1 N–H and O–H groups in total. The normalized spacial score (nSPS) is 13.2. The maximum absolute atomic E-state index is 12.2. The molecule has 0 aromatic heterocycles. The van der Waals surface area contributed by atoms with E-state index in [0.717, 1.165) is 17.7 Å². The van der Waals surface area contributed by atoms with E-state index < -0.39 is 6.10 Å². The van der Waals surface area contributed by atoms with E-state index in [2.05, 4.69) is 24.4 Å². The predicted octanol–water partition coefficient (Wildman–Crippen LogP) is 4.43. The van der Waals surface area contributed by atoms with E-state index in [4.69, 9.17) is 4.74 Å². The highest BCUT2D eigenvalue weighted by Crippen LogP contribution is 2.23. The van der Waals surface area contributed by atoms with Crippen LogP contribution in [0.5, 0.6) is 5.75 Å². The number of amides is 1. The van der Waals surface area contributed by atoms with Gasteiger partial charge in [-0.25, -0.2) is 0 Å². The van der Waals surface area contributed by atoms with Gasteiger partial charge in [-0.15, -0.1) is 0 Å². The molecular weight excluding hydrogens is 286 g/mol. The summed E-state index contributed by atoms with van der Waals surface area (Å²) < 4.78 is 5.85. The zero-order chi connectivity index (χ0) is 16.7. The highest BCUT2D eigenvalue weighted by Gasteiger charge is 2.19. The number of hydrogen-bond donors (Lipinski definition) is 1. The van der Waals surface area contributed by atoms with Crippen LogP contribution in [0.25, 0.3) is 11.1 Å². The Hall–Kier alpha value is -2.29. The van der Waals surface area contributed by atoms with Gasteiger partial charge in [0.2, 0.25) is 0 Å². The lowest BCUT2D eigenvalue weighted by Crippen LogP contribution is -2.42. The number of carbonyl (C=O) groups is 1. The molecule has 2 aromatic carbocycles. The molecule has 3 heteroatoms. The van der Waals surface area contributed by atoms with Crippen molar-refractivity contribution in [1.82, 2.24) is 5.32 Å². The minimum atomic E-state index is -0.452. The van der Waals surface area contributed by atoms with Gasteiger partial charge in [-0.2, -0.15) is 0 Å². The number of ether oxygens (including phenoxy) is 1. The standard InChI is InChI=1S/C20H25NO2/c1-4-15(3)21-20(22)19(5-2)23-18-13-11-17(12-14-18)16-9-7-6-8-10-16/h6-15,19H,4-5H2,1-3H3,(H,21,22). The lowest BCUT2D eigenvalue weighted by molar-refractivity contribution is -0.128. The summed E-state index contributed by atoms with van der Waals surface area (Å²) in [5.41, 5.74) is 2.30. The predicted molar refractivity (Wildman–Crippen MR) is 94.5 cm³/mol. The van der Waals surface area contributed by atoms with Crippen LogP contribution in [0.1, 0.15) is 33.6 Å². The Morgan fingerprint density at radius 2 is 1.57 bits per heavy atom. The Balaban J connectivity index is 2.03. The van der Waals surface area contributed by atoms with Crippen LogP contribution in [0.15, 0.2) is 54.6 Å². The fraction of sp³-hybridized carbons (Fsp3) is 0.350. The highest BCUT2D eigenvalue weighted by atomic mass is 16.5. The maximum Gasteiger partial charge on any atom is 0.261 e. The van der Waals surface area contributed by atoms with E-state index in [1.165, 1.54) is 5.56 Å². The molecule has 0 aliphatic heterocycles. The van der Waals surface area contributed by atoms with Crippen LogP contribution < -0.4 is 10.1 Å². The minimum absolute atomic E-state index is 0.0472. The summed E-state index contributed by atoms with van der Waals surface area (Å²) >= 11 is 0. The van der Waals surface area contributed by atoms with Gasteiger partial charge in [-0.05, 0) is 43.0 Å². The van der Waals surface area contributed by atoms with Crippen LogP contribution in [-0.2, 0) is 4.79 Å². The van der Waals surface area contributed by atoms with Gasteiger partial charge in [-0.1, -0.05) is 56.3 Å². The van der Waals surface area contributed by atoms with Gasteiger partial charge in [0.1, 0.15) is 5.75 Å². The number of nitrogens with one attached hydrogen (secondary N) is 1. The number of benzene rings is 2. The molecule has 122 valence electrons. The third-order valence-corrected chi connectivity index (χ3v) is 3.90. The molecule has 0 radical (unpaired) electrons. The second-order valence-corrected chi connectivity index (χ2v) is 5.72. The molecule has 0 aliphatic carbocycles. The summed E-state index contributed by atoms with van der Waals surface area (Å²) in [6, 6.07) is 18.2. The minimum Gasteiger partial charge on any atom is -0.481 e. The largest absolute Gasteiger partial charge is 0.481 e. The molecule has 2 rings (SSSR count). The first-order chi connectivity index (χ1) is 11.1. The zero-order valence-corrected chi connectivity index (χ0v) is 14.1. The topological polar surface area (TPSA) is 38.3 Å². The van der Waals surface area contributed by atoms with Crippen molar-refractivity contribution in [2.24, 2.45) is 0 Å². The third-order valence-electron chi connectivity index (χ3n) is 3.90. The second-order valence-electron chi connectivity index (χ2n) is 5.72. The number of hydrogen-bond acceptors (Lipinski definition) is 2. The molecule has 0 aliphatic rings. The summed E-state index contributed by atoms with van der Waals surface area (Å²) in [4.78, 5) is 12.2. The van der Waals surface area contributed by atoms with E-state index >= 15 is 0 Å². The molecule has 2 atom stereocenters. The molecule has 2 unspecified atom stereocenters. The average molecular weight is 311 g/mol. The zero-order valence-electron chi connectivity index (χ0n) is 14.1. The fourth-order valence-electron chi connectivity index (χ4n) is 2.28. The van der Waals surface area contributed by atoms with Crippen molar-refractivity contribution in [3.8, 4) is 16.9 Å². The van der Waals surface area contributed by atoms with E-state index in [1.807, 2.05) is 56.3 Å². The first-order valence-corrected chi connectivity index (χ1v) is 8.26. The summed E-state index contributed by atoms with van der Waals surface area (Å²) in [5.74, 6) is 0.671. The van der Waals surface area contributed by atoms with Gasteiger partial charge in [0.15, 0.2) is 6.10 Å². The molecule has 1 amide bonds. The summed E-state index contributed by atoms with van der Waals surface area (Å²) in [5, 5.41) is 2.97. The SMILES string of the molecule is CCC(C)NC(=O)C(CC)Oc1ccc(-c2ccccc2)cc1. The van der Waals surface area contributed by atoms with Gasteiger partial charge in [-0.3, -0.25) is 4.79 Å². The van der Waals surface area contributed by atoms with Crippen molar-refractivity contribution in [3.63, 3.8) is 0 Å². The van der Waals surface area contributed by atoms with Crippen molar-refractivity contribution in [3.05, 3.63) is 54.6 Å². The Morgan fingerprint density at radius 3 is 2.13 bits per heavy atom. The van der Waals surface area contributed by atoms with Crippen molar-refractivity contribution in [2.75, 3.05) is 0 Å². The Bertz CT molecular complexity index is 607. The monoisotopic (exact) mass is 311 g/mol. The molecule has 3 nitrogen and oxygen atoms in total. The summed E-state index contributed by atoms with van der Waals surface area (Å²) in [7, 11) is 0. The van der Waals surface area contributed by atoms with Crippen LogP contribution in [-0.4, -0.2) is 18.1 Å². The summed E-state index contributed by atoms with van der Waals surface area (Å²) in [6.07, 6.45) is 1.10. The van der Waals surface area contributed by atoms with Crippen molar-refractivity contribution in [1.29, 1.82) is 0 Å². The van der Waals surface area contributed by atoms with E-state index in [-0.39, 0.29) is 11.9 Å². The molecular formula is C20H25NO2. The Kier molecular flexibility index (Phi) is 6.21. The Labute approximate surface area is 138 Å². The number of rotatable bonds is 7. The lowest BCUT2D eigenvalue weighted by atomic mass is 10.1. The van der Waals surface area contributed by atoms with Crippen molar-refractivity contribution in [2.45, 2.75) is 45.8 Å². The molecule has 0 bridgehead atoms. The smallest absolute Gasteiger partial charge is 0.261 e. The first-order valence-electron chi connectivity index (χ1n) is 8.26. The average Bonchev–Trinajstić information content (AvgIpc) is 2.60. The molecule has 0 heterocycles. The molecule has 2 aromatic rings. The summed E-state index contributed by atoms with van der Waals surface area (Å²) in [6.45, 7) is 6.01. The van der Waals surface area contributed by atoms with E-state index in [0.29, 0.717) is 6.42 Å². The second kappa shape index (κ2) is 8.37. The molecule has 0 saturated carbocycles. The van der Waals surface area contributed by atoms with Gasteiger partial charge < -0.3 is 10.1 Å². The Morgan fingerprint density at radius 1 is 0.957 bits per heavy atom. The lowest BCUT2D eigenvalue weighted by Gasteiger charge is -2.20. The van der Waals surface area contributed by atoms with Crippen LogP contribution >= 0.6 is 0 Å². The molecule has 0 spiro atoms. The third kappa shape index (κ3) is 4.85. The van der Waals surface area contributed by atoms with Gasteiger partial charge in [0, 0.05) is 6.04 Å². The molecule has 23 heavy (non-hydrogen) atoms. The van der Waals surface area contributed by atoms with Crippen molar-refractivity contribution >= 4 is 5.91 Å². The van der Waals surface area contributed by atoms with Gasteiger partial charge in [0.25, 0.3) is 5.91 Å². The van der Waals surface area contributed by atoms with Crippen molar-refractivity contribution < 1.29 is 9.53 Å². The van der Waals surface area contributed by atoms with Crippen LogP contribution in [0.3, 0.4) is 0 Å². The molecule has 0 saturated heterocycles. The van der Waals surface area contributed by atoms with E-state index in [9.17, 15) is 4.79 Å². The first kappa shape index (κ1) is 17.1. The van der Waals surface area contributed by atoms with Crippen LogP contribution in [0, 0.1) is 0 Å². The maximum atomic E-state index is 12.2. The fourth-order valence-corrected chi connectivity index (χ4v) is 2.28. The van der Waals surface area contributed by atoms with Gasteiger partial charge in [0.05, 0.1) is 0 Å². The van der Waals surface area contributed by atoms with E-state index in [1.54, 1.807) is 0 Å². The quantitative estimate of drug-likeness (QED) is 0.821. The highest BCUT2D eigenvalue weighted by molar-refractivity contribution is 5.81. The molecule has 0 fully saturated rings. The number of carbonyl (C=O) groups excluding carboxylic acids is 1. The van der Waals surface area contributed by atoms with Crippen LogP contribution in [0.4, 0.5) is 0 Å².